The van der Waals surface area contributed by atoms with Crippen LogP contribution in [0, 0.1) is 0 Å². The summed E-state index contributed by atoms with van der Waals surface area (Å²) in [6.45, 7) is 4.58. The quantitative estimate of drug-likeness (QED) is 0.486. The van der Waals surface area contributed by atoms with E-state index in [1.165, 1.54) is 6.20 Å². The van der Waals surface area contributed by atoms with Gasteiger partial charge in [0.25, 0.3) is 5.91 Å². The number of benzene rings is 2. The van der Waals surface area contributed by atoms with Crippen molar-refractivity contribution in [1.82, 2.24) is 9.88 Å². The van der Waals surface area contributed by atoms with Crippen molar-refractivity contribution in [3.63, 3.8) is 0 Å². The molecule has 1 amide bonds. The molecule has 6 heteroatoms. The Morgan fingerprint density at radius 2 is 1.48 bits per heavy atom. The minimum absolute atomic E-state index is 0.195. The van der Waals surface area contributed by atoms with Crippen molar-refractivity contribution in [2.45, 2.75) is 33.0 Å². The molecule has 0 saturated heterocycles. The molecule has 3 rings (SSSR count). The minimum Gasteiger partial charge on any atom is -0.477 e. The zero-order valence-electron chi connectivity index (χ0n) is 17.7. The Labute approximate surface area is 182 Å². The minimum atomic E-state index is -0.963. The Bertz CT molecular complexity index is 951. The first-order valence-electron chi connectivity index (χ1n) is 10.2. The summed E-state index contributed by atoms with van der Waals surface area (Å²) in [7, 11) is 0. The fourth-order valence-corrected chi connectivity index (χ4v) is 3.15. The summed E-state index contributed by atoms with van der Waals surface area (Å²) >= 11 is 0. The van der Waals surface area contributed by atoms with Gasteiger partial charge in [-0.2, -0.15) is 0 Å². The van der Waals surface area contributed by atoms with Gasteiger partial charge in [0, 0.05) is 19.3 Å². The number of hydrogen-bond donors (Lipinski definition) is 0. The lowest BCUT2D eigenvalue weighted by atomic mass is 10.1. The monoisotopic (exact) mass is 418 g/mol. The SMILES string of the molecule is CCOc1ncccc1C(=O)O[C@H](C)C(=O)N(Cc1ccccc1)Cc1ccccc1. The number of ether oxygens (including phenoxy) is 2. The van der Waals surface area contributed by atoms with Gasteiger partial charge >= 0.3 is 5.97 Å². The van der Waals surface area contributed by atoms with Crippen LogP contribution in [0.2, 0.25) is 0 Å². The molecule has 0 unspecified atom stereocenters. The van der Waals surface area contributed by atoms with Crippen molar-refractivity contribution >= 4 is 11.9 Å². The van der Waals surface area contributed by atoms with E-state index in [1.807, 2.05) is 60.7 Å². The third kappa shape index (κ3) is 6.15. The lowest BCUT2D eigenvalue weighted by molar-refractivity contribution is -0.141. The van der Waals surface area contributed by atoms with Gasteiger partial charge in [0.1, 0.15) is 5.56 Å². The molecule has 160 valence electrons. The number of carbonyl (C=O) groups is 2. The highest BCUT2D eigenvalue weighted by atomic mass is 16.6. The second-order valence-electron chi connectivity index (χ2n) is 7.00. The van der Waals surface area contributed by atoms with Gasteiger partial charge in [-0.15, -0.1) is 0 Å². The molecular formula is C25H26N2O4. The van der Waals surface area contributed by atoms with E-state index in [2.05, 4.69) is 4.98 Å². The van der Waals surface area contributed by atoms with Crippen molar-refractivity contribution in [3.8, 4) is 5.88 Å². The van der Waals surface area contributed by atoms with E-state index in [4.69, 9.17) is 9.47 Å². The summed E-state index contributed by atoms with van der Waals surface area (Å²) in [5, 5.41) is 0. The molecule has 6 nitrogen and oxygen atoms in total. The van der Waals surface area contributed by atoms with Crippen LogP contribution in [0.25, 0.3) is 0 Å². The fraction of sp³-hybridized carbons (Fsp3) is 0.240. The molecule has 0 fully saturated rings. The van der Waals surface area contributed by atoms with Crippen molar-refractivity contribution in [2.24, 2.45) is 0 Å². The molecule has 0 aliphatic rings. The van der Waals surface area contributed by atoms with E-state index < -0.39 is 12.1 Å². The van der Waals surface area contributed by atoms with Crippen molar-refractivity contribution in [1.29, 1.82) is 0 Å². The Balaban J connectivity index is 1.75. The summed E-state index contributed by atoms with van der Waals surface area (Å²) in [5.74, 6) is -0.722. The number of esters is 1. The average Bonchev–Trinajstić information content (AvgIpc) is 2.80. The highest BCUT2D eigenvalue weighted by Gasteiger charge is 2.26. The first-order chi connectivity index (χ1) is 15.1. The third-order valence-electron chi connectivity index (χ3n) is 4.65. The van der Waals surface area contributed by atoms with E-state index in [0.29, 0.717) is 19.7 Å². The molecule has 31 heavy (non-hydrogen) atoms. The van der Waals surface area contributed by atoms with Crippen LogP contribution in [0.5, 0.6) is 5.88 Å². The molecule has 0 spiro atoms. The molecule has 2 aromatic carbocycles. The molecule has 0 saturated carbocycles. The van der Waals surface area contributed by atoms with Crippen LogP contribution in [0.15, 0.2) is 79.0 Å². The zero-order valence-corrected chi connectivity index (χ0v) is 17.7. The van der Waals surface area contributed by atoms with Gasteiger partial charge in [0.05, 0.1) is 6.61 Å². The number of amides is 1. The maximum Gasteiger partial charge on any atom is 0.344 e. The van der Waals surface area contributed by atoms with Gasteiger partial charge in [-0.3, -0.25) is 4.79 Å². The van der Waals surface area contributed by atoms with E-state index in [1.54, 1.807) is 30.9 Å². The summed E-state index contributed by atoms with van der Waals surface area (Å²) in [5.41, 5.74) is 2.19. The Hall–Kier alpha value is -3.67. The highest BCUT2D eigenvalue weighted by molar-refractivity contribution is 5.94. The second kappa shape index (κ2) is 10.9. The number of nitrogens with zero attached hydrogens (tertiary/aromatic N) is 2. The normalized spacial score (nSPS) is 11.4. The molecule has 1 atom stereocenters. The fourth-order valence-electron chi connectivity index (χ4n) is 3.15. The van der Waals surface area contributed by atoms with Gasteiger partial charge in [0.15, 0.2) is 6.10 Å². The largest absolute Gasteiger partial charge is 0.477 e. The summed E-state index contributed by atoms with van der Waals surface area (Å²) < 4.78 is 10.9. The maximum absolute atomic E-state index is 13.2. The van der Waals surface area contributed by atoms with E-state index in [-0.39, 0.29) is 17.4 Å². The predicted octanol–water partition coefficient (Wildman–Crippen LogP) is 4.25. The lowest BCUT2D eigenvalue weighted by Gasteiger charge is -2.26. The number of carbonyl (C=O) groups excluding carboxylic acids is 2. The second-order valence-corrected chi connectivity index (χ2v) is 7.00. The van der Waals surface area contributed by atoms with Gasteiger partial charge in [-0.05, 0) is 37.1 Å². The molecular weight excluding hydrogens is 392 g/mol. The van der Waals surface area contributed by atoms with Crippen LogP contribution < -0.4 is 4.74 Å². The predicted molar refractivity (Wildman–Crippen MR) is 117 cm³/mol. The molecule has 1 aromatic heterocycles. The number of hydrogen-bond acceptors (Lipinski definition) is 5. The van der Waals surface area contributed by atoms with Crippen molar-refractivity contribution < 1.29 is 19.1 Å². The first-order valence-corrected chi connectivity index (χ1v) is 10.2. The van der Waals surface area contributed by atoms with Crippen LogP contribution in [0.4, 0.5) is 0 Å². The molecule has 0 aliphatic heterocycles. The van der Waals surface area contributed by atoms with E-state index in [9.17, 15) is 9.59 Å². The topological polar surface area (TPSA) is 68.7 Å². The number of pyridine rings is 1. The standard InChI is InChI=1S/C25H26N2O4/c1-3-30-23-22(15-10-16-26-23)25(29)31-19(2)24(28)27(17-20-11-6-4-7-12-20)18-21-13-8-5-9-14-21/h4-16,19H,3,17-18H2,1-2H3/t19-/m1/s1. The smallest absolute Gasteiger partial charge is 0.344 e. The summed E-state index contributed by atoms with van der Waals surface area (Å²) in [6.07, 6.45) is 0.576. The molecule has 3 aromatic rings. The Morgan fingerprint density at radius 3 is 2.03 bits per heavy atom. The van der Waals surface area contributed by atoms with Crippen LogP contribution in [0.1, 0.15) is 35.3 Å². The van der Waals surface area contributed by atoms with E-state index in [0.717, 1.165) is 11.1 Å². The van der Waals surface area contributed by atoms with Gasteiger partial charge in [-0.1, -0.05) is 60.7 Å². The molecule has 1 heterocycles. The number of aromatic nitrogens is 1. The molecule has 0 aliphatic carbocycles. The number of rotatable bonds is 9. The Kier molecular flexibility index (Phi) is 7.76. The average molecular weight is 418 g/mol. The Morgan fingerprint density at radius 1 is 0.903 bits per heavy atom. The molecule has 0 bridgehead atoms. The van der Waals surface area contributed by atoms with Gasteiger partial charge in [-0.25, -0.2) is 9.78 Å². The van der Waals surface area contributed by atoms with Gasteiger partial charge < -0.3 is 14.4 Å². The first kappa shape index (κ1) is 22.0. The maximum atomic E-state index is 13.2. The van der Waals surface area contributed by atoms with Crippen LogP contribution in [-0.2, 0) is 22.6 Å². The van der Waals surface area contributed by atoms with E-state index >= 15 is 0 Å². The summed E-state index contributed by atoms with van der Waals surface area (Å²) in [6, 6.07) is 22.6. The van der Waals surface area contributed by atoms with Crippen molar-refractivity contribution in [2.75, 3.05) is 6.61 Å². The van der Waals surface area contributed by atoms with Crippen LogP contribution in [-0.4, -0.2) is 34.5 Å². The highest BCUT2D eigenvalue weighted by Crippen LogP contribution is 2.18. The van der Waals surface area contributed by atoms with Crippen LogP contribution >= 0.6 is 0 Å². The third-order valence-corrected chi connectivity index (χ3v) is 4.65. The van der Waals surface area contributed by atoms with Gasteiger partial charge in [0.2, 0.25) is 5.88 Å². The van der Waals surface area contributed by atoms with Crippen molar-refractivity contribution in [3.05, 3.63) is 95.7 Å². The summed E-state index contributed by atoms with van der Waals surface area (Å²) in [4.78, 5) is 31.7. The lowest BCUT2D eigenvalue weighted by Crippen LogP contribution is -2.39. The van der Waals surface area contributed by atoms with Crippen LogP contribution in [0.3, 0.4) is 0 Å². The molecule has 0 N–H and O–H groups in total. The zero-order chi connectivity index (χ0) is 22.1. The molecule has 0 radical (unpaired) electrons.